The first-order valence-electron chi connectivity index (χ1n) is 9.32. The summed E-state index contributed by atoms with van der Waals surface area (Å²) in [6, 6.07) is 0. The van der Waals surface area contributed by atoms with Crippen LogP contribution in [-0.4, -0.2) is 24.7 Å². The van der Waals surface area contributed by atoms with Crippen molar-refractivity contribution in [3.8, 4) is 0 Å². The van der Waals surface area contributed by atoms with Crippen LogP contribution in [0.5, 0.6) is 0 Å². The Hall–Kier alpha value is -0.840. The van der Waals surface area contributed by atoms with E-state index in [1.807, 2.05) is 0 Å². The smallest absolute Gasteiger partial charge is 0.170 e. The third-order valence-electron chi connectivity index (χ3n) is 7.18. The van der Waals surface area contributed by atoms with Gasteiger partial charge < -0.3 is 0 Å². The molecule has 1 fully saturated rings. The van der Waals surface area contributed by atoms with E-state index in [2.05, 4.69) is 0 Å². The Bertz CT molecular complexity index is 506. The van der Waals surface area contributed by atoms with E-state index in [1.54, 1.807) is 0 Å². The monoisotopic (exact) mass is 468 g/mol. The zero-order valence-corrected chi connectivity index (χ0v) is 16.7. The predicted octanol–water partition coefficient (Wildman–Crippen LogP) is 8.33. The third kappa shape index (κ3) is 4.38. The SMILES string of the molecule is CCC(C)C1CC(C(C)(C(F)(F)F)C(F)(F)F)CC(C(C)(C(F)(F)F)C(F)(F)F)C1. The van der Waals surface area contributed by atoms with Gasteiger partial charge in [0.15, 0.2) is 10.8 Å². The van der Waals surface area contributed by atoms with Gasteiger partial charge in [-0.2, -0.15) is 52.7 Å². The van der Waals surface area contributed by atoms with Crippen LogP contribution in [0.1, 0.15) is 53.4 Å². The molecule has 3 unspecified atom stereocenters. The van der Waals surface area contributed by atoms with Crippen molar-refractivity contribution in [1.82, 2.24) is 0 Å². The van der Waals surface area contributed by atoms with Gasteiger partial charge in [-0.05, 0) is 56.8 Å². The van der Waals surface area contributed by atoms with Gasteiger partial charge in [-0.3, -0.25) is 0 Å². The summed E-state index contributed by atoms with van der Waals surface area (Å²) in [5.74, 6) is -6.74. The van der Waals surface area contributed by atoms with Crippen LogP contribution < -0.4 is 0 Å². The molecule has 3 atom stereocenters. The fraction of sp³-hybridized carbons (Fsp3) is 1.00. The molecular weight excluding hydrogens is 444 g/mol. The van der Waals surface area contributed by atoms with E-state index in [9.17, 15) is 52.7 Å². The fourth-order valence-corrected chi connectivity index (χ4v) is 4.35. The Labute approximate surface area is 166 Å². The predicted molar refractivity (Wildman–Crippen MR) is 84.2 cm³/mol. The normalized spacial score (nSPS) is 26.6. The van der Waals surface area contributed by atoms with Crippen LogP contribution in [0.3, 0.4) is 0 Å². The van der Waals surface area contributed by atoms with Gasteiger partial charge in [-0.15, -0.1) is 0 Å². The summed E-state index contributed by atoms with van der Waals surface area (Å²) in [5.41, 5.74) is -8.86. The van der Waals surface area contributed by atoms with E-state index >= 15 is 0 Å². The molecule has 12 heteroatoms. The summed E-state index contributed by atoms with van der Waals surface area (Å²) in [5, 5.41) is 0. The molecule has 0 radical (unpaired) electrons. The number of halogens is 12. The second-order valence-electron chi connectivity index (χ2n) is 8.64. The lowest BCUT2D eigenvalue weighted by molar-refractivity contribution is -0.373. The van der Waals surface area contributed by atoms with Crippen LogP contribution in [-0.2, 0) is 0 Å². The fourth-order valence-electron chi connectivity index (χ4n) is 4.35. The average Bonchev–Trinajstić information content (AvgIpc) is 2.54. The minimum absolute atomic E-state index is 0.174. The van der Waals surface area contributed by atoms with Crippen molar-refractivity contribution in [2.75, 3.05) is 0 Å². The van der Waals surface area contributed by atoms with Crippen LogP contribution in [0, 0.1) is 34.5 Å². The zero-order valence-electron chi connectivity index (χ0n) is 16.7. The first-order valence-corrected chi connectivity index (χ1v) is 9.32. The van der Waals surface area contributed by atoms with Gasteiger partial charge in [0.2, 0.25) is 0 Å². The Morgan fingerprint density at radius 2 is 0.867 bits per heavy atom. The highest BCUT2D eigenvalue weighted by molar-refractivity contribution is 5.04. The Morgan fingerprint density at radius 1 is 0.600 bits per heavy atom. The Balaban J connectivity index is 3.66. The molecule has 0 bridgehead atoms. The summed E-state index contributed by atoms with van der Waals surface area (Å²) in [6.07, 6.45) is -26.4. The molecule has 0 aromatic heterocycles. The van der Waals surface area contributed by atoms with Gasteiger partial charge in [0.25, 0.3) is 0 Å². The maximum Gasteiger partial charge on any atom is 0.403 e. The van der Waals surface area contributed by atoms with Crippen molar-refractivity contribution in [3.05, 3.63) is 0 Å². The van der Waals surface area contributed by atoms with Crippen LogP contribution in [0.15, 0.2) is 0 Å². The molecule has 180 valence electrons. The first-order chi connectivity index (χ1) is 13.1. The van der Waals surface area contributed by atoms with E-state index in [4.69, 9.17) is 0 Å². The van der Waals surface area contributed by atoms with Crippen LogP contribution in [0.2, 0.25) is 0 Å². The minimum atomic E-state index is -5.90. The Kier molecular flexibility index (Phi) is 7.19. The van der Waals surface area contributed by atoms with Gasteiger partial charge in [0.05, 0.1) is 0 Å². The van der Waals surface area contributed by atoms with Crippen LogP contribution in [0.25, 0.3) is 0 Å². The Morgan fingerprint density at radius 3 is 1.07 bits per heavy atom. The number of alkyl halides is 12. The molecule has 0 aromatic carbocycles. The summed E-state index contributed by atoms with van der Waals surface area (Å²) in [6.45, 7) is 2.57. The van der Waals surface area contributed by atoms with Gasteiger partial charge in [-0.25, -0.2) is 0 Å². The average molecular weight is 468 g/mol. The van der Waals surface area contributed by atoms with Crippen molar-refractivity contribution in [2.24, 2.45) is 34.5 Å². The molecule has 1 aliphatic rings. The largest absolute Gasteiger partial charge is 0.403 e. The molecule has 0 amide bonds. The lowest BCUT2D eigenvalue weighted by atomic mass is 9.56. The summed E-state index contributed by atoms with van der Waals surface area (Å²) in [7, 11) is 0. The summed E-state index contributed by atoms with van der Waals surface area (Å²) < 4.78 is 162. The molecule has 1 saturated carbocycles. The zero-order chi connectivity index (χ0) is 24.1. The van der Waals surface area contributed by atoms with E-state index < -0.39 is 78.5 Å². The van der Waals surface area contributed by atoms with E-state index in [0.29, 0.717) is 0 Å². The molecule has 30 heavy (non-hydrogen) atoms. The molecule has 1 aliphatic carbocycles. The van der Waals surface area contributed by atoms with Crippen molar-refractivity contribution < 1.29 is 52.7 Å². The molecule has 1 rings (SSSR count). The minimum Gasteiger partial charge on any atom is -0.170 e. The third-order valence-corrected chi connectivity index (χ3v) is 7.18. The molecule has 0 nitrogen and oxygen atoms in total. The molecule has 0 aromatic rings. The highest BCUT2D eigenvalue weighted by Crippen LogP contribution is 2.65. The number of rotatable bonds is 4. The van der Waals surface area contributed by atoms with Gasteiger partial charge in [0, 0.05) is 0 Å². The van der Waals surface area contributed by atoms with Crippen LogP contribution >= 0.6 is 0 Å². The number of hydrogen-bond donors (Lipinski definition) is 0. The van der Waals surface area contributed by atoms with E-state index in [0.717, 1.165) is 0 Å². The highest BCUT2D eigenvalue weighted by atomic mass is 19.4. The second kappa shape index (κ2) is 7.94. The summed E-state index contributed by atoms with van der Waals surface area (Å²) in [4.78, 5) is 0. The molecule has 0 heterocycles. The van der Waals surface area contributed by atoms with Gasteiger partial charge in [-0.1, -0.05) is 20.3 Å². The summed E-state index contributed by atoms with van der Waals surface area (Å²) >= 11 is 0. The highest BCUT2D eigenvalue weighted by Gasteiger charge is 2.75. The van der Waals surface area contributed by atoms with Crippen molar-refractivity contribution in [3.63, 3.8) is 0 Å². The lowest BCUT2D eigenvalue weighted by Crippen LogP contribution is -2.59. The molecule has 0 N–H and O–H groups in total. The van der Waals surface area contributed by atoms with Crippen molar-refractivity contribution in [1.29, 1.82) is 0 Å². The quantitative estimate of drug-likeness (QED) is 0.364. The molecule has 0 spiro atoms. The molecule has 0 saturated heterocycles. The maximum absolute atomic E-state index is 13.5. The van der Waals surface area contributed by atoms with Gasteiger partial charge >= 0.3 is 24.7 Å². The lowest BCUT2D eigenvalue weighted by Gasteiger charge is -2.51. The first kappa shape index (κ1) is 27.2. The maximum atomic E-state index is 13.5. The topological polar surface area (TPSA) is 0 Å². The second-order valence-corrected chi connectivity index (χ2v) is 8.64. The number of hydrogen-bond acceptors (Lipinski definition) is 0. The van der Waals surface area contributed by atoms with Crippen LogP contribution in [0.4, 0.5) is 52.7 Å². The molecule has 0 aliphatic heterocycles. The van der Waals surface area contributed by atoms with E-state index in [-0.39, 0.29) is 20.3 Å². The van der Waals surface area contributed by atoms with Gasteiger partial charge in [0.1, 0.15) is 0 Å². The standard InChI is InChI=1S/C18H24F12/c1-5-9(2)10-6-11(13(3,15(19,20)21)16(22,23)24)8-12(7-10)14(4,17(25,26)27)18(28,29)30/h9-12H,5-8H2,1-4H3. The van der Waals surface area contributed by atoms with Crippen molar-refractivity contribution in [2.45, 2.75) is 78.1 Å². The molecular formula is C18H24F12. The van der Waals surface area contributed by atoms with Crippen molar-refractivity contribution >= 4 is 0 Å². The van der Waals surface area contributed by atoms with E-state index in [1.165, 1.54) is 13.8 Å².